The van der Waals surface area contributed by atoms with Crippen LogP contribution in [0.2, 0.25) is 0 Å². The Bertz CT molecular complexity index is 191. The van der Waals surface area contributed by atoms with E-state index in [1.54, 1.807) is 0 Å². The van der Waals surface area contributed by atoms with Crippen molar-refractivity contribution in [2.24, 2.45) is 11.8 Å². The summed E-state index contributed by atoms with van der Waals surface area (Å²) in [5, 5.41) is 0.372. The molecular weight excluding hydrogens is 218 g/mol. The van der Waals surface area contributed by atoms with E-state index in [9.17, 15) is 0 Å². The number of rotatable bonds is 3. The molecule has 1 unspecified atom stereocenters. The summed E-state index contributed by atoms with van der Waals surface area (Å²) in [6.07, 6.45) is 10.0. The van der Waals surface area contributed by atoms with Gasteiger partial charge in [0.2, 0.25) is 0 Å². The second-order valence-electron chi connectivity index (χ2n) is 5.82. The molecule has 1 saturated heterocycles. The first kappa shape index (κ1) is 12.7. The first-order valence-electron chi connectivity index (χ1n) is 7.12. The molecule has 0 bridgehead atoms. The molecule has 2 aliphatic rings. The summed E-state index contributed by atoms with van der Waals surface area (Å²) >= 11 is 6.18. The van der Waals surface area contributed by atoms with Gasteiger partial charge in [-0.25, -0.2) is 0 Å². The summed E-state index contributed by atoms with van der Waals surface area (Å²) in [5.74, 6) is 1.77. The number of nitrogens with zero attached hydrogens (tertiary/aromatic N) is 1. The molecule has 1 heterocycles. The molecule has 0 aromatic carbocycles. The summed E-state index contributed by atoms with van der Waals surface area (Å²) in [6, 6.07) is 0. The number of hydrogen-bond donors (Lipinski definition) is 0. The summed E-state index contributed by atoms with van der Waals surface area (Å²) in [6.45, 7) is 6.10. The number of likely N-dealkylation sites (tertiary alicyclic amines) is 1. The predicted molar refractivity (Wildman–Crippen MR) is 71.1 cm³/mol. The van der Waals surface area contributed by atoms with Crippen LogP contribution >= 0.6 is 11.6 Å². The van der Waals surface area contributed by atoms with E-state index in [2.05, 4.69) is 11.8 Å². The molecular formula is C14H26ClN. The molecule has 0 aromatic rings. The second-order valence-corrected chi connectivity index (χ2v) is 6.51. The Morgan fingerprint density at radius 1 is 1.06 bits per heavy atom. The van der Waals surface area contributed by atoms with E-state index in [0.29, 0.717) is 5.38 Å². The lowest BCUT2D eigenvalue weighted by Gasteiger charge is -2.36. The predicted octanol–water partition coefficient (Wildman–Crippen LogP) is 3.91. The standard InChI is InChI=1S/C14H26ClN/c1-12(15)14-7-9-16(10-8-14)11-13-5-3-2-4-6-13/h12-14H,2-11H2,1H3. The van der Waals surface area contributed by atoms with E-state index in [1.165, 1.54) is 64.6 Å². The quantitative estimate of drug-likeness (QED) is 0.680. The highest BCUT2D eigenvalue weighted by molar-refractivity contribution is 6.20. The Kier molecular flexibility index (Phi) is 4.97. The molecule has 0 spiro atoms. The van der Waals surface area contributed by atoms with E-state index in [1.807, 2.05) is 0 Å². The fourth-order valence-corrected chi connectivity index (χ4v) is 3.58. The maximum atomic E-state index is 6.18. The number of alkyl halides is 1. The molecule has 16 heavy (non-hydrogen) atoms. The van der Waals surface area contributed by atoms with Crippen molar-refractivity contribution in [1.29, 1.82) is 0 Å². The average molecular weight is 244 g/mol. The normalized spacial score (nSPS) is 28.1. The fourth-order valence-electron chi connectivity index (χ4n) is 3.33. The van der Waals surface area contributed by atoms with Gasteiger partial charge >= 0.3 is 0 Å². The van der Waals surface area contributed by atoms with Gasteiger partial charge in [0, 0.05) is 11.9 Å². The highest BCUT2D eigenvalue weighted by Gasteiger charge is 2.24. The van der Waals surface area contributed by atoms with E-state index < -0.39 is 0 Å². The van der Waals surface area contributed by atoms with Crippen LogP contribution < -0.4 is 0 Å². The Labute approximate surface area is 106 Å². The first-order valence-corrected chi connectivity index (χ1v) is 7.56. The van der Waals surface area contributed by atoms with Crippen LogP contribution in [0.4, 0.5) is 0 Å². The van der Waals surface area contributed by atoms with Crippen molar-refractivity contribution in [2.75, 3.05) is 19.6 Å². The van der Waals surface area contributed by atoms with Crippen molar-refractivity contribution in [3.05, 3.63) is 0 Å². The summed E-state index contributed by atoms with van der Waals surface area (Å²) in [7, 11) is 0. The van der Waals surface area contributed by atoms with Crippen molar-refractivity contribution < 1.29 is 0 Å². The lowest BCUT2D eigenvalue weighted by Crippen LogP contribution is -2.39. The Balaban J connectivity index is 1.68. The van der Waals surface area contributed by atoms with Crippen LogP contribution in [0, 0.1) is 11.8 Å². The van der Waals surface area contributed by atoms with Gasteiger partial charge in [-0.1, -0.05) is 19.3 Å². The number of piperidine rings is 1. The van der Waals surface area contributed by atoms with Crippen LogP contribution in [-0.2, 0) is 0 Å². The molecule has 1 aliphatic heterocycles. The van der Waals surface area contributed by atoms with Crippen molar-refractivity contribution in [3.63, 3.8) is 0 Å². The van der Waals surface area contributed by atoms with Crippen LogP contribution in [0.25, 0.3) is 0 Å². The minimum Gasteiger partial charge on any atom is -0.303 e. The SMILES string of the molecule is CC(Cl)C1CCN(CC2CCCCC2)CC1. The average Bonchev–Trinajstić information content (AvgIpc) is 2.31. The topological polar surface area (TPSA) is 3.24 Å². The molecule has 0 amide bonds. The fraction of sp³-hybridized carbons (Fsp3) is 1.00. The Hall–Kier alpha value is 0.250. The molecule has 0 aromatic heterocycles. The highest BCUT2D eigenvalue weighted by atomic mass is 35.5. The maximum absolute atomic E-state index is 6.18. The molecule has 2 heteroatoms. The van der Waals surface area contributed by atoms with Crippen LogP contribution in [0.3, 0.4) is 0 Å². The molecule has 1 saturated carbocycles. The third kappa shape index (κ3) is 3.63. The third-order valence-corrected chi connectivity index (χ3v) is 4.88. The van der Waals surface area contributed by atoms with Crippen LogP contribution in [0.5, 0.6) is 0 Å². The van der Waals surface area contributed by atoms with Crippen molar-refractivity contribution in [3.8, 4) is 0 Å². The monoisotopic (exact) mass is 243 g/mol. The van der Waals surface area contributed by atoms with Crippen LogP contribution in [0.1, 0.15) is 51.9 Å². The smallest absolute Gasteiger partial charge is 0.0337 e. The summed E-state index contributed by atoms with van der Waals surface area (Å²) in [4.78, 5) is 2.69. The van der Waals surface area contributed by atoms with Crippen LogP contribution in [0.15, 0.2) is 0 Å². The molecule has 2 fully saturated rings. The van der Waals surface area contributed by atoms with Gasteiger partial charge in [-0.15, -0.1) is 11.6 Å². The number of hydrogen-bond acceptors (Lipinski definition) is 1. The van der Waals surface area contributed by atoms with E-state index >= 15 is 0 Å². The van der Waals surface area contributed by atoms with Crippen molar-refractivity contribution in [2.45, 2.75) is 57.2 Å². The van der Waals surface area contributed by atoms with Gasteiger partial charge in [0.05, 0.1) is 0 Å². The van der Waals surface area contributed by atoms with Gasteiger partial charge in [-0.2, -0.15) is 0 Å². The zero-order valence-corrected chi connectivity index (χ0v) is 11.4. The molecule has 2 rings (SSSR count). The largest absolute Gasteiger partial charge is 0.303 e. The zero-order chi connectivity index (χ0) is 11.4. The van der Waals surface area contributed by atoms with Gasteiger partial charge in [0.25, 0.3) is 0 Å². The minimum atomic E-state index is 0.372. The highest BCUT2D eigenvalue weighted by Crippen LogP contribution is 2.28. The van der Waals surface area contributed by atoms with Crippen LogP contribution in [-0.4, -0.2) is 29.9 Å². The van der Waals surface area contributed by atoms with Gasteiger partial charge in [-0.05, 0) is 57.5 Å². The Morgan fingerprint density at radius 2 is 1.69 bits per heavy atom. The summed E-state index contributed by atoms with van der Waals surface area (Å²) in [5.41, 5.74) is 0. The summed E-state index contributed by atoms with van der Waals surface area (Å²) < 4.78 is 0. The van der Waals surface area contributed by atoms with Gasteiger partial charge in [-0.3, -0.25) is 0 Å². The van der Waals surface area contributed by atoms with Gasteiger partial charge in [0.1, 0.15) is 0 Å². The lowest BCUT2D eigenvalue weighted by atomic mass is 9.87. The minimum absolute atomic E-state index is 0.372. The molecule has 0 radical (unpaired) electrons. The van der Waals surface area contributed by atoms with E-state index in [4.69, 9.17) is 11.6 Å². The molecule has 0 N–H and O–H groups in total. The van der Waals surface area contributed by atoms with Gasteiger partial charge < -0.3 is 4.90 Å². The molecule has 94 valence electrons. The first-order chi connectivity index (χ1) is 7.75. The maximum Gasteiger partial charge on any atom is 0.0337 e. The second kappa shape index (κ2) is 6.26. The van der Waals surface area contributed by atoms with Crippen molar-refractivity contribution >= 4 is 11.6 Å². The molecule has 1 nitrogen and oxygen atoms in total. The third-order valence-electron chi connectivity index (χ3n) is 4.52. The van der Waals surface area contributed by atoms with E-state index in [0.717, 1.165) is 11.8 Å². The molecule has 1 aliphatic carbocycles. The Morgan fingerprint density at radius 3 is 2.25 bits per heavy atom. The van der Waals surface area contributed by atoms with E-state index in [-0.39, 0.29) is 0 Å². The van der Waals surface area contributed by atoms with Gasteiger partial charge in [0.15, 0.2) is 0 Å². The number of halogens is 1. The van der Waals surface area contributed by atoms with Crippen molar-refractivity contribution in [1.82, 2.24) is 4.90 Å². The zero-order valence-electron chi connectivity index (χ0n) is 10.6. The molecule has 1 atom stereocenters. The lowest BCUT2D eigenvalue weighted by molar-refractivity contribution is 0.145.